The maximum Gasteiger partial charge on any atom is 0.311 e. The van der Waals surface area contributed by atoms with Gasteiger partial charge in [-0.1, -0.05) is 18.2 Å². The Kier molecular flexibility index (Phi) is 5.20. The number of nitro groups is 1. The molecule has 0 spiro atoms. The molecule has 0 radical (unpaired) electrons. The second kappa shape index (κ2) is 7.73. The van der Waals surface area contributed by atoms with Crippen LogP contribution in [-0.4, -0.2) is 21.1 Å². The first-order valence-electron chi connectivity index (χ1n) is 7.95. The monoisotopic (exact) mass is 371 g/mol. The average Bonchev–Trinajstić information content (AvgIpc) is 3.14. The van der Waals surface area contributed by atoms with Gasteiger partial charge >= 0.3 is 5.97 Å². The molecule has 0 saturated heterocycles. The number of carbonyl (C=O) groups excluding carboxylic acids is 1. The van der Waals surface area contributed by atoms with Crippen LogP contribution in [0.15, 0.2) is 52.9 Å². The molecule has 1 aromatic heterocycles. The van der Waals surface area contributed by atoms with Crippen molar-refractivity contribution >= 4 is 11.7 Å². The fourth-order valence-electron chi connectivity index (χ4n) is 2.33. The minimum absolute atomic E-state index is 0.0604. The number of non-ortho nitro benzene ring substituents is 1. The molecule has 1 heterocycles. The van der Waals surface area contributed by atoms with Crippen molar-refractivity contribution in [2.45, 2.75) is 19.4 Å². The van der Waals surface area contributed by atoms with Gasteiger partial charge in [0.1, 0.15) is 5.82 Å². The van der Waals surface area contributed by atoms with Crippen LogP contribution < -0.4 is 0 Å². The van der Waals surface area contributed by atoms with Crippen LogP contribution >= 0.6 is 0 Å². The fraction of sp³-hybridized carbons (Fsp3) is 0.167. The van der Waals surface area contributed by atoms with E-state index in [0.717, 1.165) is 0 Å². The predicted octanol–water partition coefficient (Wildman–Crippen LogP) is 3.63. The summed E-state index contributed by atoms with van der Waals surface area (Å²) in [5, 5.41) is 18.4. The minimum Gasteiger partial charge on any atom is -0.452 e. The topological polar surface area (TPSA) is 108 Å². The second-order valence-corrected chi connectivity index (χ2v) is 5.65. The standard InChI is InChI=1S/C18H14FN3O5/c1-11(26-16(23)10-13-4-2-3-5-15(13)19)17-20-21-18(27-17)12-6-8-14(9-7-12)22(24)25/h2-9,11H,10H2,1H3. The number of hydrogen-bond acceptors (Lipinski definition) is 7. The van der Waals surface area contributed by atoms with Gasteiger partial charge < -0.3 is 9.15 Å². The number of aromatic nitrogens is 2. The first-order valence-corrected chi connectivity index (χ1v) is 7.95. The summed E-state index contributed by atoms with van der Waals surface area (Å²) >= 11 is 0. The number of carbonyl (C=O) groups is 1. The molecule has 2 aromatic carbocycles. The van der Waals surface area contributed by atoms with Crippen LogP contribution in [0.2, 0.25) is 0 Å². The third-order valence-electron chi connectivity index (χ3n) is 3.71. The largest absolute Gasteiger partial charge is 0.452 e. The molecule has 0 aliphatic carbocycles. The molecule has 0 saturated carbocycles. The van der Waals surface area contributed by atoms with Crippen LogP contribution in [0.4, 0.5) is 10.1 Å². The Bertz CT molecular complexity index is 971. The summed E-state index contributed by atoms with van der Waals surface area (Å²) in [5.74, 6) is -0.926. The van der Waals surface area contributed by atoms with E-state index in [1.165, 1.54) is 42.5 Å². The molecule has 3 rings (SSSR count). The number of nitro benzene ring substituents is 1. The van der Waals surface area contributed by atoms with Gasteiger partial charge in [-0.25, -0.2) is 4.39 Å². The summed E-state index contributed by atoms with van der Waals surface area (Å²) in [6.07, 6.45) is -1.05. The van der Waals surface area contributed by atoms with E-state index >= 15 is 0 Å². The van der Waals surface area contributed by atoms with Crippen LogP contribution in [0.1, 0.15) is 24.5 Å². The molecule has 0 bridgehead atoms. The second-order valence-electron chi connectivity index (χ2n) is 5.65. The van der Waals surface area contributed by atoms with Crippen molar-refractivity contribution in [1.82, 2.24) is 10.2 Å². The highest BCUT2D eigenvalue weighted by Crippen LogP contribution is 2.24. The number of hydrogen-bond donors (Lipinski definition) is 0. The zero-order chi connectivity index (χ0) is 19.4. The SMILES string of the molecule is CC(OC(=O)Cc1ccccc1F)c1nnc(-c2ccc([N+](=O)[O-])cc2)o1. The third-order valence-corrected chi connectivity index (χ3v) is 3.71. The molecular weight excluding hydrogens is 357 g/mol. The average molecular weight is 371 g/mol. The van der Waals surface area contributed by atoms with Gasteiger partial charge in [-0.15, -0.1) is 10.2 Å². The molecule has 0 aliphatic heterocycles. The molecule has 0 N–H and O–H groups in total. The summed E-state index contributed by atoms with van der Waals surface area (Å²) in [6, 6.07) is 11.5. The van der Waals surface area contributed by atoms with Gasteiger partial charge in [0.25, 0.3) is 11.6 Å². The van der Waals surface area contributed by atoms with Gasteiger partial charge in [-0.2, -0.15) is 0 Å². The van der Waals surface area contributed by atoms with Crippen LogP contribution in [0.3, 0.4) is 0 Å². The normalized spacial score (nSPS) is 11.8. The Morgan fingerprint density at radius 3 is 2.59 bits per heavy atom. The van der Waals surface area contributed by atoms with E-state index in [4.69, 9.17) is 9.15 Å². The maximum absolute atomic E-state index is 13.6. The quantitative estimate of drug-likeness (QED) is 0.370. The Morgan fingerprint density at radius 1 is 1.22 bits per heavy atom. The molecule has 3 aromatic rings. The number of ether oxygens (including phenoxy) is 1. The highest BCUT2D eigenvalue weighted by molar-refractivity contribution is 5.72. The van der Waals surface area contributed by atoms with Crippen molar-refractivity contribution in [3.8, 4) is 11.5 Å². The molecule has 0 amide bonds. The zero-order valence-corrected chi connectivity index (χ0v) is 14.2. The van der Waals surface area contributed by atoms with Crippen molar-refractivity contribution in [1.29, 1.82) is 0 Å². The van der Waals surface area contributed by atoms with Gasteiger partial charge in [0.2, 0.25) is 5.89 Å². The van der Waals surface area contributed by atoms with Gasteiger partial charge in [0.15, 0.2) is 6.10 Å². The van der Waals surface area contributed by atoms with Crippen LogP contribution in [0.25, 0.3) is 11.5 Å². The summed E-state index contributed by atoms with van der Waals surface area (Å²) in [7, 11) is 0. The summed E-state index contributed by atoms with van der Waals surface area (Å²) in [6.45, 7) is 1.55. The molecule has 1 unspecified atom stereocenters. The summed E-state index contributed by atoms with van der Waals surface area (Å²) in [5.41, 5.74) is 0.657. The van der Waals surface area contributed by atoms with Crippen molar-refractivity contribution < 1.29 is 23.3 Å². The molecule has 8 nitrogen and oxygen atoms in total. The van der Waals surface area contributed by atoms with E-state index in [1.54, 1.807) is 13.0 Å². The predicted molar refractivity (Wildman–Crippen MR) is 91.0 cm³/mol. The lowest BCUT2D eigenvalue weighted by molar-refractivity contribution is -0.384. The third kappa shape index (κ3) is 4.32. The summed E-state index contributed by atoms with van der Waals surface area (Å²) < 4.78 is 24.3. The summed E-state index contributed by atoms with van der Waals surface area (Å²) in [4.78, 5) is 22.1. The number of rotatable bonds is 6. The molecule has 0 aliphatic rings. The Morgan fingerprint density at radius 2 is 1.93 bits per heavy atom. The van der Waals surface area contributed by atoms with E-state index in [9.17, 15) is 19.3 Å². The molecule has 0 fully saturated rings. The van der Waals surface area contributed by atoms with Crippen LogP contribution in [0.5, 0.6) is 0 Å². The van der Waals surface area contributed by atoms with E-state index in [0.29, 0.717) is 5.56 Å². The number of nitrogens with zero attached hydrogens (tertiary/aromatic N) is 3. The lowest BCUT2D eigenvalue weighted by Gasteiger charge is -2.09. The van der Waals surface area contributed by atoms with Crippen LogP contribution in [0, 0.1) is 15.9 Å². The molecule has 1 atom stereocenters. The first-order chi connectivity index (χ1) is 12.9. The van der Waals surface area contributed by atoms with Gasteiger partial charge in [0.05, 0.1) is 11.3 Å². The van der Waals surface area contributed by atoms with E-state index < -0.39 is 22.8 Å². The highest BCUT2D eigenvalue weighted by Gasteiger charge is 2.20. The van der Waals surface area contributed by atoms with Gasteiger partial charge in [-0.05, 0) is 30.7 Å². The molecule has 27 heavy (non-hydrogen) atoms. The highest BCUT2D eigenvalue weighted by atomic mass is 19.1. The van der Waals surface area contributed by atoms with E-state index in [-0.39, 0.29) is 29.5 Å². The Hall–Kier alpha value is -3.62. The lowest BCUT2D eigenvalue weighted by atomic mass is 10.1. The van der Waals surface area contributed by atoms with Crippen molar-refractivity contribution in [3.05, 3.63) is 75.9 Å². The number of esters is 1. The molecule has 9 heteroatoms. The van der Waals surface area contributed by atoms with Gasteiger partial charge in [-0.3, -0.25) is 14.9 Å². The van der Waals surface area contributed by atoms with E-state index in [2.05, 4.69) is 10.2 Å². The van der Waals surface area contributed by atoms with Crippen molar-refractivity contribution in [3.63, 3.8) is 0 Å². The van der Waals surface area contributed by atoms with Crippen molar-refractivity contribution in [2.75, 3.05) is 0 Å². The van der Waals surface area contributed by atoms with Crippen molar-refractivity contribution in [2.24, 2.45) is 0 Å². The van der Waals surface area contributed by atoms with Gasteiger partial charge in [0, 0.05) is 17.7 Å². The molecular formula is C18H14FN3O5. The Labute approximate surface area is 152 Å². The minimum atomic E-state index is -0.830. The number of benzene rings is 2. The fourth-order valence-corrected chi connectivity index (χ4v) is 2.33. The van der Waals surface area contributed by atoms with Crippen LogP contribution in [-0.2, 0) is 16.0 Å². The zero-order valence-electron chi connectivity index (χ0n) is 14.2. The molecule has 138 valence electrons. The smallest absolute Gasteiger partial charge is 0.311 e. The number of halogens is 1. The lowest BCUT2D eigenvalue weighted by Crippen LogP contribution is -2.12. The van der Waals surface area contributed by atoms with E-state index in [1.807, 2.05) is 0 Å². The maximum atomic E-state index is 13.6. The Balaban J connectivity index is 1.66. The first kappa shape index (κ1) is 18.2.